The summed E-state index contributed by atoms with van der Waals surface area (Å²) in [5.74, 6) is -0.0915. The lowest BCUT2D eigenvalue weighted by Crippen LogP contribution is -2.18. The van der Waals surface area contributed by atoms with Crippen LogP contribution in [0.1, 0.15) is 18.7 Å². The van der Waals surface area contributed by atoms with Gasteiger partial charge in [-0.2, -0.15) is 0 Å². The lowest BCUT2D eigenvalue weighted by molar-refractivity contribution is -0.131. The minimum atomic E-state index is -0.933. The molecular weight excluding hydrogens is 182 g/mol. The maximum absolute atomic E-state index is 10.1. The van der Waals surface area contributed by atoms with E-state index in [1.807, 2.05) is 19.1 Å². The number of carboxylic acid groups (broad SMARTS) is 1. The van der Waals surface area contributed by atoms with E-state index in [-0.39, 0.29) is 6.04 Å². The fraction of sp³-hybridized carbons (Fsp3) is 0.300. The van der Waals surface area contributed by atoms with Crippen LogP contribution in [0.2, 0.25) is 0 Å². The van der Waals surface area contributed by atoms with Crippen molar-refractivity contribution in [1.29, 1.82) is 0 Å². The second-order valence-corrected chi connectivity index (χ2v) is 2.89. The summed E-state index contributed by atoms with van der Waals surface area (Å²) >= 11 is 0. The highest BCUT2D eigenvalue weighted by molar-refractivity contribution is 5.79. The van der Waals surface area contributed by atoms with Crippen molar-refractivity contribution >= 4 is 5.97 Å². The van der Waals surface area contributed by atoms with Crippen LogP contribution in [0.5, 0.6) is 0 Å². The van der Waals surface area contributed by atoms with Crippen LogP contribution < -0.4 is 5.32 Å². The summed E-state index contributed by atoms with van der Waals surface area (Å²) in [4.78, 5) is 10.1. The fourth-order valence-corrected chi connectivity index (χ4v) is 1.04. The molecule has 1 aromatic heterocycles. The Labute approximate surface area is 82.2 Å². The van der Waals surface area contributed by atoms with Crippen molar-refractivity contribution in [3.63, 3.8) is 0 Å². The van der Waals surface area contributed by atoms with Crippen molar-refractivity contribution < 1.29 is 14.3 Å². The van der Waals surface area contributed by atoms with E-state index >= 15 is 0 Å². The van der Waals surface area contributed by atoms with Crippen molar-refractivity contribution in [3.8, 4) is 0 Å². The van der Waals surface area contributed by atoms with Gasteiger partial charge in [0.15, 0.2) is 0 Å². The molecule has 0 aliphatic rings. The van der Waals surface area contributed by atoms with E-state index in [2.05, 4.69) is 5.32 Å². The van der Waals surface area contributed by atoms with Gasteiger partial charge in [-0.15, -0.1) is 0 Å². The van der Waals surface area contributed by atoms with Crippen molar-refractivity contribution in [2.45, 2.75) is 13.0 Å². The van der Waals surface area contributed by atoms with Crippen LogP contribution in [0.15, 0.2) is 35.0 Å². The zero-order valence-corrected chi connectivity index (χ0v) is 7.93. The molecule has 76 valence electrons. The van der Waals surface area contributed by atoms with E-state index in [1.54, 1.807) is 12.3 Å². The second kappa shape index (κ2) is 5.24. The molecule has 0 aliphatic heterocycles. The van der Waals surface area contributed by atoms with Crippen LogP contribution in [0.3, 0.4) is 0 Å². The van der Waals surface area contributed by atoms with E-state index in [0.717, 1.165) is 11.8 Å². The van der Waals surface area contributed by atoms with Gasteiger partial charge < -0.3 is 14.8 Å². The third-order valence-electron chi connectivity index (χ3n) is 1.77. The van der Waals surface area contributed by atoms with Crippen LogP contribution in [-0.4, -0.2) is 17.6 Å². The first-order valence-electron chi connectivity index (χ1n) is 4.36. The largest absolute Gasteiger partial charge is 0.478 e. The Balaban J connectivity index is 2.29. The highest BCUT2D eigenvalue weighted by atomic mass is 16.4. The van der Waals surface area contributed by atoms with E-state index in [9.17, 15) is 4.79 Å². The Kier molecular flexibility index (Phi) is 3.94. The summed E-state index contributed by atoms with van der Waals surface area (Å²) in [7, 11) is 0. The molecule has 2 N–H and O–H groups in total. The standard InChI is InChI=1S/C10H13NO3/c1-8(9-4-3-7-14-9)11-6-2-5-10(12)13/h2-5,7-8,11H,6H2,1H3,(H,12,13)/b5-2+/t8-/m1/s1. The van der Waals surface area contributed by atoms with Crippen LogP contribution >= 0.6 is 0 Å². The summed E-state index contributed by atoms with van der Waals surface area (Å²) in [6.07, 6.45) is 4.28. The number of hydrogen-bond acceptors (Lipinski definition) is 3. The lowest BCUT2D eigenvalue weighted by atomic mass is 10.2. The summed E-state index contributed by atoms with van der Waals surface area (Å²) in [6, 6.07) is 3.78. The van der Waals surface area contributed by atoms with Crippen molar-refractivity contribution in [2.24, 2.45) is 0 Å². The lowest BCUT2D eigenvalue weighted by Gasteiger charge is -2.08. The SMILES string of the molecule is C[C@@H](NC/C=C/C(=O)O)c1ccco1. The first kappa shape index (κ1) is 10.5. The molecule has 1 rings (SSSR count). The Morgan fingerprint density at radius 3 is 3.14 bits per heavy atom. The Morgan fingerprint density at radius 1 is 1.79 bits per heavy atom. The van der Waals surface area contributed by atoms with Crippen LogP contribution in [-0.2, 0) is 4.79 Å². The van der Waals surface area contributed by atoms with Gasteiger partial charge in [-0.3, -0.25) is 0 Å². The number of rotatable bonds is 5. The first-order chi connectivity index (χ1) is 6.70. The molecule has 0 bridgehead atoms. The van der Waals surface area contributed by atoms with Gasteiger partial charge in [0.2, 0.25) is 0 Å². The fourth-order valence-electron chi connectivity index (χ4n) is 1.04. The average Bonchev–Trinajstić information content (AvgIpc) is 2.64. The highest BCUT2D eigenvalue weighted by Crippen LogP contribution is 2.11. The molecule has 0 fully saturated rings. The molecule has 0 radical (unpaired) electrons. The van der Waals surface area contributed by atoms with Gasteiger partial charge in [-0.05, 0) is 19.1 Å². The maximum atomic E-state index is 10.1. The van der Waals surface area contributed by atoms with Crippen LogP contribution in [0, 0.1) is 0 Å². The predicted octanol–water partition coefficient (Wildman–Crippen LogP) is 1.57. The summed E-state index contributed by atoms with van der Waals surface area (Å²) in [5, 5.41) is 11.4. The molecule has 1 atom stereocenters. The number of carboxylic acids is 1. The van der Waals surface area contributed by atoms with Gasteiger partial charge in [0, 0.05) is 12.6 Å². The van der Waals surface area contributed by atoms with E-state index in [0.29, 0.717) is 6.54 Å². The Hall–Kier alpha value is -1.55. The van der Waals surface area contributed by atoms with Gasteiger partial charge in [-0.25, -0.2) is 4.79 Å². The quantitative estimate of drug-likeness (QED) is 0.700. The smallest absolute Gasteiger partial charge is 0.328 e. The van der Waals surface area contributed by atoms with Gasteiger partial charge >= 0.3 is 5.97 Å². The number of carbonyl (C=O) groups is 1. The topological polar surface area (TPSA) is 62.5 Å². The molecular formula is C10H13NO3. The number of aliphatic carboxylic acids is 1. The molecule has 14 heavy (non-hydrogen) atoms. The number of nitrogens with one attached hydrogen (secondary N) is 1. The minimum absolute atomic E-state index is 0.0865. The van der Waals surface area contributed by atoms with Gasteiger partial charge in [0.25, 0.3) is 0 Å². The van der Waals surface area contributed by atoms with Crippen molar-refractivity contribution in [2.75, 3.05) is 6.54 Å². The monoisotopic (exact) mass is 195 g/mol. The predicted molar refractivity (Wildman–Crippen MR) is 51.9 cm³/mol. The minimum Gasteiger partial charge on any atom is -0.478 e. The Morgan fingerprint density at radius 2 is 2.57 bits per heavy atom. The summed E-state index contributed by atoms with van der Waals surface area (Å²) < 4.78 is 5.17. The molecule has 1 heterocycles. The normalized spacial score (nSPS) is 13.2. The second-order valence-electron chi connectivity index (χ2n) is 2.89. The molecule has 0 aromatic carbocycles. The number of furan rings is 1. The molecule has 0 saturated carbocycles. The Bertz CT molecular complexity index is 303. The molecule has 0 saturated heterocycles. The van der Waals surface area contributed by atoms with E-state index < -0.39 is 5.97 Å². The molecule has 0 aliphatic carbocycles. The zero-order chi connectivity index (χ0) is 10.4. The summed E-state index contributed by atoms with van der Waals surface area (Å²) in [6.45, 7) is 2.46. The van der Waals surface area contributed by atoms with Crippen LogP contribution in [0.4, 0.5) is 0 Å². The van der Waals surface area contributed by atoms with E-state index in [1.165, 1.54) is 0 Å². The molecule has 4 nitrogen and oxygen atoms in total. The summed E-state index contributed by atoms with van der Waals surface area (Å²) in [5.41, 5.74) is 0. The average molecular weight is 195 g/mol. The van der Waals surface area contributed by atoms with E-state index in [4.69, 9.17) is 9.52 Å². The van der Waals surface area contributed by atoms with Gasteiger partial charge in [0.1, 0.15) is 5.76 Å². The molecule has 0 amide bonds. The van der Waals surface area contributed by atoms with Crippen molar-refractivity contribution in [1.82, 2.24) is 5.32 Å². The molecule has 4 heteroatoms. The highest BCUT2D eigenvalue weighted by Gasteiger charge is 2.04. The van der Waals surface area contributed by atoms with Gasteiger partial charge in [-0.1, -0.05) is 6.08 Å². The zero-order valence-electron chi connectivity index (χ0n) is 7.93. The number of hydrogen-bond donors (Lipinski definition) is 2. The van der Waals surface area contributed by atoms with Crippen LogP contribution in [0.25, 0.3) is 0 Å². The first-order valence-corrected chi connectivity index (χ1v) is 4.36. The van der Waals surface area contributed by atoms with Gasteiger partial charge in [0.05, 0.1) is 12.3 Å². The van der Waals surface area contributed by atoms with Crippen molar-refractivity contribution in [3.05, 3.63) is 36.3 Å². The molecule has 1 aromatic rings. The molecule has 0 unspecified atom stereocenters. The third-order valence-corrected chi connectivity index (χ3v) is 1.77. The third kappa shape index (κ3) is 3.45. The molecule has 0 spiro atoms. The maximum Gasteiger partial charge on any atom is 0.328 e.